The Balaban J connectivity index is 1.50. The van der Waals surface area contributed by atoms with Gasteiger partial charge in [0.05, 0.1) is 5.69 Å². The van der Waals surface area contributed by atoms with E-state index in [0.717, 1.165) is 34.0 Å². The van der Waals surface area contributed by atoms with Gasteiger partial charge in [-0.25, -0.2) is 0 Å². The summed E-state index contributed by atoms with van der Waals surface area (Å²) < 4.78 is 0. The number of rotatable bonds is 11. The molecule has 3 aromatic rings. The quantitative estimate of drug-likeness (QED) is 0.373. The van der Waals surface area contributed by atoms with Crippen LogP contribution in [-0.2, 0) is 16.1 Å². The summed E-state index contributed by atoms with van der Waals surface area (Å²) >= 11 is 0. The van der Waals surface area contributed by atoms with Gasteiger partial charge in [-0.05, 0) is 61.8 Å². The Kier molecular flexibility index (Phi) is 8.27. The lowest BCUT2D eigenvalue weighted by molar-refractivity contribution is -0.141. The van der Waals surface area contributed by atoms with Crippen molar-refractivity contribution in [3.63, 3.8) is 0 Å². The summed E-state index contributed by atoms with van der Waals surface area (Å²) in [5.74, 6) is -0.206. The molecule has 0 fully saturated rings. The van der Waals surface area contributed by atoms with Gasteiger partial charge in [-0.3, -0.25) is 14.4 Å². The lowest BCUT2D eigenvalue weighted by atomic mass is 10.0. The molecule has 4 rings (SSSR count). The van der Waals surface area contributed by atoms with Crippen LogP contribution >= 0.6 is 0 Å². The Morgan fingerprint density at radius 2 is 1.70 bits per heavy atom. The van der Waals surface area contributed by atoms with Gasteiger partial charge >= 0.3 is 0 Å². The first-order valence-corrected chi connectivity index (χ1v) is 13.3. The van der Waals surface area contributed by atoms with E-state index >= 15 is 0 Å². The molecule has 3 amide bonds. The average molecular weight is 500 g/mol. The molecule has 1 aliphatic rings. The molecule has 0 aromatic heterocycles. The zero-order chi connectivity index (χ0) is 26.5. The smallest absolute Gasteiger partial charge is 0.258 e. The van der Waals surface area contributed by atoms with Crippen molar-refractivity contribution >= 4 is 34.2 Å². The predicted octanol–water partition coefficient (Wildman–Crippen LogP) is 5.61. The van der Waals surface area contributed by atoms with E-state index < -0.39 is 6.04 Å². The zero-order valence-electron chi connectivity index (χ0n) is 22.3. The molecule has 1 aliphatic heterocycles. The fourth-order valence-electron chi connectivity index (χ4n) is 5.06. The van der Waals surface area contributed by atoms with Gasteiger partial charge < -0.3 is 15.1 Å². The van der Waals surface area contributed by atoms with E-state index in [1.54, 1.807) is 9.80 Å². The Bertz CT molecular complexity index is 1300. The molecule has 37 heavy (non-hydrogen) atoms. The Hall–Kier alpha value is -3.67. The van der Waals surface area contributed by atoms with Gasteiger partial charge in [-0.2, -0.15) is 0 Å². The summed E-state index contributed by atoms with van der Waals surface area (Å²) in [6.45, 7) is 8.80. The van der Waals surface area contributed by atoms with Crippen LogP contribution in [0, 0.1) is 6.92 Å². The van der Waals surface area contributed by atoms with Crippen LogP contribution in [0.2, 0.25) is 0 Å². The number of hydrogen-bond acceptors (Lipinski definition) is 3. The van der Waals surface area contributed by atoms with E-state index in [4.69, 9.17) is 0 Å². The summed E-state index contributed by atoms with van der Waals surface area (Å²) in [4.78, 5) is 43.4. The largest absolute Gasteiger partial charge is 0.352 e. The Morgan fingerprint density at radius 1 is 0.973 bits per heavy atom. The van der Waals surface area contributed by atoms with Crippen molar-refractivity contribution in [2.24, 2.45) is 0 Å². The molecule has 0 saturated heterocycles. The van der Waals surface area contributed by atoms with E-state index in [-0.39, 0.29) is 30.2 Å². The van der Waals surface area contributed by atoms with Crippen LogP contribution in [0.15, 0.2) is 60.7 Å². The second-order valence-corrected chi connectivity index (χ2v) is 9.93. The number of benzene rings is 3. The maximum atomic E-state index is 13.6. The van der Waals surface area contributed by atoms with Crippen LogP contribution in [0.4, 0.5) is 5.69 Å². The fourth-order valence-corrected chi connectivity index (χ4v) is 5.06. The second-order valence-electron chi connectivity index (χ2n) is 9.93. The molecule has 6 nitrogen and oxygen atoms in total. The van der Waals surface area contributed by atoms with Crippen LogP contribution in [-0.4, -0.2) is 41.2 Å². The molecule has 0 spiro atoms. The third-order valence-electron chi connectivity index (χ3n) is 7.41. The highest BCUT2D eigenvalue weighted by Crippen LogP contribution is 2.37. The van der Waals surface area contributed by atoms with Gasteiger partial charge in [0.2, 0.25) is 11.8 Å². The number of amides is 3. The van der Waals surface area contributed by atoms with Crippen LogP contribution < -0.4 is 10.2 Å². The highest BCUT2D eigenvalue weighted by molar-refractivity contribution is 6.25. The van der Waals surface area contributed by atoms with Gasteiger partial charge in [0, 0.05) is 36.5 Å². The molecular weight excluding hydrogens is 462 g/mol. The SMILES string of the molecule is CC[C@@H](C)NC(=O)[C@@H](CC)N(Cc1ccccc1C)C(=O)CCCN1C(=O)c2cccc3cccc1c23. The lowest BCUT2D eigenvalue weighted by Gasteiger charge is -2.32. The molecule has 1 heterocycles. The molecule has 2 atom stereocenters. The van der Waals surface area contributed by atoms with Crippen molar-refractivity contribution in [1.29, 1.82) is 0 Å². The van der Waals surface area contributed by atoms with Gasteiger partial charge in [0.1, 0.15) is 6.04 Å². The topological polar surface area (TPSA) is 69.7 Å². The number of anilines is 1. The Morgan fingerprint density at radius 3 is 2.41 bits per heavy atom. The molecule has 1 N–H and O–H groups in total. The molecule has 0 saturated carbocycles. The van der Waals surface area contributed by atoms with Gasteiger partial charge in [0.25, 0.3) is 5.91 Å². The van der Waals surface area contributed by atoms with E-state index in [9.17, 15) is 14.4 Å². The number of aryl methyl sites for hydroxylation is 1. The molecule has 3 aromatic carbocycles. The number of carbonyl (C=O) groups is 3. The minimum atomic E-state index is -0.549. The van der Waals surface area contributed by atoms with Crippen LogP contribution in [0.25, 0.3) is 10.8 Å². The molecule has 6 heteroatoms. The standard InChI is InChI=1S/C31H37N3O3/c1-5-22(4)32-30(36)26(6-2)34(20-24-13-8-7-12-21(24)3)28(35)18-11-19-33-27-17-10-15-23-14-9-16-25(29(23)27)31(33)37/h7-10,12-17,22,26H,5-6,11,18-20H2,1-4H3,(H,32,36)/t22-,26-/m1/s1. The first-order chi connectivity index (χ1) is 17.8. The number of nitrogens with zero attached hydrogens (tertiary/aromatic N) is 2. The van der Waals surface area contributed by atoms with E-state index in [0.29, 0.717) is 31.5 Å². The van der Waals surface area contributed by atoms with Crippen LogP contribution in [0.3, 0.4) is 0 Å². The van der Waals surface area contributed by atoms with Gasteiger partial charge in [0.15, 0.2) is 0 Å². The number of carbonyl (C=O) groups excluding carboxylic acids is 3. The maximum absolute atomic E-state index is 13.6. The maximum Gasteiger partial charge on any atom is 0.258 e. The predicted molar refractivity (Wildman–Crippen MR) is 149 cm³/mol. The van der Waals surface area contributed by atoms with Crippen molar-refractivity contribution in [3.8, 4) is 0 Å². The minimum absolute atomic E-state index is 0.0182. The third-order valence-corrected chi connectivity index (χ3v) is 7.41. The molecule has 0 radical (unpaired) electrons. The van der Waals surface area contributed by atoms with Gasteiger partial charge in [-0.1, -0.05) is 62.4 Å². The van der Waals surface area contributed by atoms with Crippen LogP contribution in [0.1, 0.15) is 67.9 Å². The summed E-state index contributed by atoms with van der Waals surface area (Å²) in [6, 6.07) is 19.2. The van der Waals surface area contributed by atoms with Crippen LogP contribution in [0.5, 0.6) is 0 Å². The molecule has 0 bridgehead atoms. The van der Waals surface area contributed by atoms with Crippen molar-refractivity contribution < 1.29 is 14.4 Å². The van der Waals surface area contributed by atoms with Crippen molar-refractivity contribution in [1.82, 2.24) is 10.2 Å². The lowest BCUT2D eigenvalue weighted by Crippen LogP contribution is -2.50. The van der Waals surface area contributed by atoms with Crippen molar-refractivity contribution in [2.45, 2.75) is 72.0 Å². The third kappa shape index (κ3) is 5.53. The molecule has 194 valence electrons. The summed E-state index contributed by atoms with van der Waals surface area (Å²) in [5.41, 5.74) is 3.74. The average Bonchev–Trinajstić information content (AvgIpc) is 3.17. The van der Waals surface area contributed by atoms with Gasteiger partial charge in [-0.15, -0.1) is 0 Å². The zero-order valence-corrected chi connectivity index (χ0v) is 22.3. The summed E-state index contributed by atoms with van der Waals surface area (Å²) in [7, 11) is 0. The Labute approximate surface area is 219 Å². The fraction of sp³-hybridized carbons (Fsp3) is 0.387. The van der Waals surface area contributed by atoms with E-state index in [2.05, 4.69) is 5.32 Å². The highest BCUT2D eigenvalue weighted by atomic mass is 16.2. The number of hydrogen-bond donors (Lipinski definition) is 1. The van der Waals surface area contributed by atoms with E-state index in [1.165, 1.54) is 0 Å². The van der Waals surface area contributed by atoms with Crippen molar-refractivity contribution in [3.05, 3.63) is 77.4 Å². The second kappa shape index (κ2) is 11.6. The summed E-state index contributed by atoms with van der Waals surface area (Å²) in [5, 5.41) is 5.09. The highest BCUT2D eigenvalue weighted by Gasteiger charge is 2.31. The molecule has 0 aliphatic carbocycles. The summed E-state index contributed by atoms with van der Waals surface area (Å²) in [6.07, 6.45) is 2.13. The first kappa shape index (κ1) is 26.4. The first-order valence-electron chi connectivity index (χ1n) is 13.3. The van der Waals surface area contributed by atoms with Crippen molar-refractivity contribution in [2.75, 3.05) is 11.4 Å². The van der Waals surface area contributed by atoms with E-state index in [1.807, 2.05) is 88.4 Å². The number of nitrogens with one attached hydrogen (secondary N) is 1. The molecular formula is C31H37N3O3. The normalized spacial score (nSPS) is 14.1. The molecule has 0 unspecified atom stereocenters. The minimum Gasteiger partial charge on any atom is -0.352 e. The monoisotopic (exact) mass is 499 g/mol.